The Hall–Kier alpha value is -2.83. The maximum absolute atomic E-state index is 13.5. The molecule has 0 saturated heterocycles. The first-order chi connectivity index (χ1) is 11.8. The molecule has 0 aliphatic heterocycles. The van der Waals surface area contributed by atoms with Gasteiger partial charge in [-0.3, -0.25) is 9.59 Å². The van der Waals surface area contributed by atoms with Crippen LogP contribution in [0.3, 0.4) is 0 Å². The first-order valence-corrected chi connectivity index (χ1v) is 7.61. The minimum absolute atomic E-state index is 0.328. The number of hydrogen-bond acceptors (Lipinski definition) is 2. The van der Waals surface area contributed by atoms with Gasteiger partial charge in [-0.1, -0.05) is 26.0 Å². The monoisotopic (exact) mass is 350 g/mol. The van der Waals surface area contributed by atoms with Crippen molar-refractivity contribution in [1.82, 2.24) is 5.32 Å². The Bertz CT molecular complexity index is 790. The molecule has 0 aliphatic carbocycles. The molecule has 25 heavy (non-hydrogen) atoms. The molecule has 0 bridgehead atoms. The van der Waals surface area contributed by atoms with Gasteiger partial charge in [-0.25, -0.2) is 13.2 Å². The zero-order valence-electron chi connectivity index (χ0n) is 13.7. The minimum atomic E-state index is -1.67. The van der Waals surface area contributed by atoms with E-state index in [1.54, 1.807) is 12.1 Å². The Morgan fingerprint density at radius 3 is 2.20 bits per heavy atom. The van der Waals surface area contributed by atoms with Gasteiger partial charge in [-0.15, -0.1) is 0 Å². The average molecular weight is 350 g/mol. The summed E-state index contributed by atoms with van der Waals surface area (Å²) in [7, 11) is 0. The minimum Gasteiger partial charge on any atom is -0.343 e. The Balaban J connectivity index is 1.93. The van der Waals surface area contributed by atoms with E-state index in [9.17, 15) is 22.8 Å². The van der Waals surface area contributed by atoms with Crippen LogP contribution in [0.5, 0.6) is 0 Å². The number of benzene rings is 2. The van der Waals surface area contributed by atoms with E-state index in [-0.39, 0.29) is 0 Å². The number of nitrogens with one attached hydrogen (secondary N) is 2. The van der Waals surface area contributed by atoms with Gasteiger partial charge in [0.1, 0.15) is 0 Å². The molecule has 2 N–H and O–H groups in total. The molecule has 2 rings (SSSR count). The topological polar surface area (TPSA) is 58.2 Å². The van der Waals surface area contributed by atoms with Crippen molar-refractivity contribution in [3.63, 3.8) is 0 Å². The first-order valence-electron chi connectivity index (χ1n) is 7.61. The molecule has 0 fully saturated rings. The van der Waals surface area contributed by atoms with Crippen molar-refractivity contribution in [2.45, 2.75) is 19.8 Å². The number of rotatable bonds is 5. The lowest BCUT2D eigenvalue weighted by Crippen LogP contribution is -2.33. The molecule has 2 aromatic rings. The Kier molecular flexibility index (Phi) is 5.80. The highest BCUT2D eigenvalue weighted by Crippen LogP contribution is 2.19. The van der Waals surface area contributed by atoms with E-state index in [0.29, 0.717) is 17.5 Å². The molecule has 4 nitrogen and oxygen atoms in total. The van der Waals surface area contributed by atoms with Crippen LogP contribution < -0.4 is 10.6 Å². The molecule has 2 amide bonds. The number of halogens is 3. The third-order valence-electron chi connectivity index (χ3n) is 3.56. The summed E-state index contributed by atoms with van der Waals surface area (Å²) in [4.78, 5) is 23.7. The van der Waals surface area contributed by atoms with Crippen LogP contribution in [0, 0.1) is 17.5 Å². The van der Waals surface area contributed by atoms with Crippen LogP contribution in [-0.2, 0) is 4.79 Å². The molecule has 0 atom stereocenters. The molecular weight excluding hydrogens is 333 g/mol. The molecule has 0 aromatic heterocycles. The van der Waals surface area contributed by atoms with Gasteiger partial charge >= 0.3 is 0 Å². The Morgan fingerprint density at radius 2 is 1.60 bits per heavy atom. The van der Waals surface area contributed by atoms with E-state index < -0.39 is 41.5 Å². The second kappa shape index (κ2) is 7.83. The quantitative estimate of drug-likeness (QED) is 0.810. The highest BCUT2D eigenvalue weighted by Gasteiger charge is 2.15. The second-order valence-electron chi connectivity index (χ2n) is 5.73. The van der Waals surface area contributed by atoms with E-state index in [4.69, 9.17) is 0 Å². The van der Waals surface area contributed by atoms with Crippen molar-refractivity contribution in [2.75, 3.05) is 11.9 Å². The van der Waals surface area contributed by atoms with Crippen LogP contribution in [0.2, 0.25) is 0 Å². The fourth-order valence-electron chi connectivity index (χ4n) is 2.10. The summed E-state index contributed by atoms with van der Waals surface area (Å²) in [5, 5.41) is 4.45. The molecule has 0 unspecified atom stereocenters. The third-order valence-corrected chi connectivity index (χ3v) is 3.56. The molecular formula is C18H17F3N2O2. The molecule has 0 heterocycles. The van der Waals surface area contributed by atoms with Crippen molar-refractivity contribution in [2.24, 2.45) is 0 Å². The number of amides is 2. The molecule has 0 radical (unpaired) electrons. The first kappa shape index (κ1) is 18.5. The normalized spacial score (nSPS) is 10.6. The third kappa shape index (κ3) is 4.59. The van der Waals surface area contributed by atoms with Gasteiger partial charge in [0.2, 0.25) is 5.91 Å². The highest BCUT2D eigenvalue weighted by atomic mass is 19.2. The van der Waals surface area contributed by atoms with Crippen LogP contribution in [-0.4, -0.2) is 18.4 Å². The lowest BCUT2D eigenvalue weighted by Gasteiger charge is -2.09. The molecule has 132 valence electrons. The van der Waals surface area contributed by atoms with Crippen molar-refractivity contribution >= 4 is 17.5 Å². The lowest BCUT2D eigenvalue weighted by molar-refractivity contribution is -0.115. The number of carbonyl (C=O) groups is 2. The summed E-state index contributed by atoms with van der Waals surface area (Å²) in [6.07, 6.45) is 0. The van der Waals surface area contributed by atoms with Crippen LogP contribution >= 0.6 is 0 Å². The van der Waals surface area contributed by atoms with Gasteiger partial charge in [-0.05, 0) is 35.7 Å². The van der Waals surface area contributed by atoms with Crippen LogP contribution in [0.1, 0.15) is 35.7 Å². The van der Waals surface area contributed by atoms with Crippen molar-refractivity contribution in [3.8, 4) is 0 Å². The van der Waals surface area contributed by atoms with Crippen LogP contribution in [0.15, 0.2) is 36.4 Å². The molecule has 7 heteroatoms. The average Bonchev–Trinajstić information content (AvgIpc) is 2.60. The van der Waals surface area contributed by atoms with E-state index in [1.807, 2.05) is 26.0 Å². The fourth-order valence-corrected chi connectivity index (χ4v) is 2.10. The largest absolute Gasteiger partial charge is 0.343 e. The maximum atomic E-state index is 13.5. The summed E-state index contributed by atoms with van der Waals surface area (Å²) in [6.45, 7) is 3.61. The lowest BCUT2D eigenvalue weighted by atomic mass is 10.0. The SMILES string of the molecule is CC(C)c1ccc(C(=O)NCC(=O)Nc2ccc(F)c(F)c2F)cc1. The molecule has 2 aromatic carbocycles. The fraction of sp³-hybridized carbons (Fsp3) is 0.222. The van der Waals surface area contributed by atoms with E-state index >= 15 is 0 Å². The zero-order chi connectivity index (χ0) is 18.6. The molecule has 0 aliphatic rings. The standard InChI is InChI=1S/C18H17F3N2O2/c1-10(2)11-3-5-12(6-4-11)18(25)22-9-15(24)23-14-8-7-13(19)16(20)17(14)21/h3-8,10H,9H2,1-2H3,(H,22,25)(H,23,24). The van der Waals surface area contributed by atoms with Gasteiger partial charge < -0.3 is 10.6 Å². The van der Waals surface area contributed by atoms with Crippen LogP contribution in [0.4, 0.5) is 18.9 Å². The Labute approximate surface area is 143 Å². The van der Waals surface area contributed by atoms with E-state index in [1.165, 1.54) is 0 Å². The van der Waals surface area contributed by atoms with Crippen molar-refractivity contribution < 1.29 is 22.8 Å². The van der Waals surface area contributed by atoms with Crippen molar-refractivity contribution in [3.05, 3.63) is 65.0 Å². The number of anilines is 1. The van der Waals surface area contributed by atoms with Gasteiger partial charge in [0, 0.05) is 5.56 Å². The van der Waals surface area contributed by atoms with E-state index in [2.05, 4.69) is 10.6 Å². The summed E-state index contributed by atoms with van der Waals surface area (Å²) in [5.41, 5.74) is 0.943. The van der Waals surface area contributed by atoms with Gasteiger partial charge in [0.05, 0.1) is 12.2 Å². The number of carbonyl (C=O) groups excluding carboxylic acids is 2. The molecule has 0 spiro atoms. The summed E-state index contributed by atoms with van der Waals surface area (Å²) in [5.74, 6) is -5.44. The predicted octanol–water partition coefficient (Wildman–Crippen LogP) is 3.60. The Morgan fingerprint density at radius 1 is 0.960 bits per heavy atom. The number of hydrogen-bond donors (Lipinski definition) is 2. The summed E-state index contributed by atoms with van der Waals surface area (Å²) >= 11 is 0. The second-order valence-corrected chi connectivity index (χ2v) is 5.73. The predicted molar refractivity (Wildman–Crippen MR) is 87.8 cm³/mol. The van der Waals surface area contributed by atoms with Gasteiger partial charge in [0.15, 0.2) is 17.5 Å². The van der Waals surface area contributed by atoms with Gasteiger partial charge in [0.25, 0.3) is 5.91 Å². The summed E-state index contributed by atoms with van der Waals surface area (Å²) in [6, 6.07) is 8.50. The highest BCUT2D eigenvalue weighted by molar-refractivity contribution is 5.99. The van der Waals surface area contributed by atoms with Crippen LogP contribution in [0.25, 0.3) is 0 Å². The maximum Gasteiger partial charge on any atom is 0.251 e. The van der Waals surface area contributed by atoms with Crippen molar-refractivity contribution in [1.29, 1.82) is 0 Å². The van der Waals surface area contributed by atoms with Gasteiger partial charge in [-0.2, -0.15) is 0 Å². The molecule has 0 saturated carbocycles. The summed E-state index contributed by atoms with van der Waals surface area (Å²) < 4.78 is 39.4. The van der Waals surface area contributed by atoms with E-state index in [0.717, 1.165) is 11.6 Å². The zero-order valence-corrected chi connectivity index (χ0v) is 13.7. The smallest absolute Gasteiger partial charge is 0.251 e.